The van der Waals surface area contributed by atoms with Gasteiger partial charge in [0.1, 0.15) is 11.8 Å². The summed E-state index contributed by atoms with van der Waals surface area (Å²) in [5.41, 5.74) is 1.87. The molecule has 0 aliphatic rings. The molecule has 0 unspecified atom stereocenters. The normalized spacial score (nSPS) is 11.6. The van der Waals surface area contributed by atoms with Crippen LogP contribution < -0.4 is 15.4 Å². The van der Waals surface area contributed by atoms with Crippen LogP contribution in [0, 0.1) is 12.3 Å². The second-order valence-corrected chi connectivity index (χ2v) is 5.26. The zero-order chi connectivity index (χ0) is 18.1. The second kappa shape index (κ2) is 9.40. The van der Waals surface area contributed by atoms with Crippen molar-refractivity contribution in [3.8, 4) is 18.1 Å². The summed E-state index contributed by atoms with van der Waals surface area (Å²) in [7, 11) is 0. The van der Waals surface area contributed by atoms with Crippen LogP contribution in [0.4, 0.5) is 8.78 Å². The first-order valence-electron chi connectivity index (χ1n) is 7.73. The van der Waals surface area contributed by atoms with E-state index < -0.39 is 6.61 Å². The van der Waals surface area contributed by atoms with Gasteiger partial charge < -0.3 is 15.4 Å². The maximum Gasteiger partial charge on any atom is 0.387 e. The topological polar surface area (TPSA) is 54.9 Å². The van der Waals surface area contributed by atoms with Crippen LogP contribution in [0.5, 0.6) is 5.75 Å². The Balaban J connectivity index is 2.14. The molecule has 0 aliphatic carbocycles. The van der Waals surface area contributed by atoms with Gasteiger partial charge in [-0.15, -0.1) is 6.42 Å². The molecule has 1 atom stereocenters. The van der Waals surface area contributed by atoms with Crippen LogP contribution in [0.3, 0.4) is 0 Å². The van der Waals surface area contributed by atoms with Crippen molar-refractivity contribution in [3.63, 3.8) is 0 Å². The summed E-state index contributed by atoms with van der Waals surface area (Å²) in [4.78, 5) is 11.8. The Morgan fingerprint density at radius 2 is 1.76 bits per heavy atom. The van der Waals surface area contributed by atoms with Gasteiger partial charge >= 0.3 is 6.61 Å². The summed E-state index contributed by atoms with van der Waals surface area (Å²) in [5, 5.41) is 4.48. The molecular weight excluding hydrogens is 326 g/mol. The third kappa shape index (κ3) is 5.90. The number of benzene rings is 2. The maximum absolute atomic E-state index is 12.3. The molecule has 0 saturated heterocycles. The zero-order valence-electron chi connectivity index (χ0n) is 13.5. The molecule has 0 heterocycles. The second-order valence-electron chi connectivity index (χ2n) is 5.26. The quantitative estimate of drug-likeness (QED) is 0.716. The molecule has 6 heteroatoms. The molecule has 2 rings (SSSR count). The first-order valence-corrected chi connectivity index (χ1v) is 7.73. The standard InChI is InChI=1S/C19H18F2N2O2/c1-2-12-22-17(24)13-23-18(14-6-4-3-5-7-14)15-8-10-16(11-9-15)25-19(20)21/h1,3-11,18-19,23H,12-13H2,(H,22,24)/p+1/t18-/m0/s1. The minimum absolute atomic E-state index is 0.0947. The SMILES string of the molecule is C#CCNC(=O)C[NH2+][C@@H](c1ccccc1)c1ccc(OC(F)F)cc1. The van der Waals surface area contributed by atoms with Gasteiger partial charge in [-0.3, -0.25) is 4.79 Å². The summed E-state index contributed by atoms with van der Waals surface area (Å²) in [5.74, 6) is 2.28. The van der Waals surface area contributed by atoms with Crippen LogP contribution in [0.2, 0.25) is 0 Å². The van der Waals surface area contributed by atoms with E-state index in [1.165, 1.54) is 12.1 Å². The minimum atomic E-state index is -2.86. The van der Waals surface area contributed by atoms with Gasteiger partial charge in [0, 0.05) is 11.1 Å². The molecule has 0 radical (unpaired) electrons. The molecule has 0 spiro atoms. The highest BCUT2D eigenvalue weighted by Crippen LogP contribution is 2.22. The highest BCUT2D eigenvalue weighted by atomic mass is 19.3. The number of hydrogen-bond acceptors (Lipinski definition) is 2. The number of terminal acetylenes is 1. The minimum Gasteiger partial charge on any atom is -0.435 e. The highest BCUT2D eigenvalue weighted by Gasteiger charge is 2.19. The van der Waals surface area contributed by atoms with Crippen LogP contribution in [0.1, 0.15) is 17.2 Å². The van der Waals surface area contributed by atoms with Gasteiger partial charge in [-0.05, 0) is 24.3 Å². The van der Waals surface area contributed by atoms with Crippen molar-refractivity contribution >= 4 is 5.91 Å². The summed E-state index contributed by atoms with van der Waals surface area (Å²) in [6, 6.07) is 15.9. The number of halogens is 2. The smallest absolute Gasteiger partial charge is 0.387 e. The van der Waals surface area contributed by atoms with E-state index in [9.17, 15) is 13.6 Å². The molecule has 2 aromatic carbocycles. The van der Waals surface area contributed by atoms with E-state index in [0.29, 0.717) is 0 Å². The van der Waals surface area contributed by atoms with Gasteiger partial charge in [-0.2, -0.15) is 8.78 Å². The summed E-state index contributed by atoms with van der Waals surface area (Å²) >= 11 is 0. The number of hydrogen-bond donors (Lipinski definition) is 2. The molecule has 2 aromatic rings. The average molecular weight is 345 g/mol. The molecule has 4 nitrogen and oxygen atoms in total. The molecule has 25 heavy (non-hydrogen) atoms. The van der Waals surface area contributed by atoms with Gasteiger partial charge in [0.05, 0.1) is 6.54 Å². The van der Waals surface area contributed by atoms with Crippen LogP contribution >= 0.6 is 0 Å². The Kier molecular flexibility index (Phi) is 6.93. The average Bonchev–Trinajstić information content (AvgIpc) is 2.62. The monoisotopic (exact) mass is 345 g/mol. The van der Waals surface area contributed by atoms with E-state index in [4.69, 9.17) is 6.42 Å². The van der Waals surface area contributed by atoms with Crippen molar-refractivity contribution in [2.45, 2.75) is 12.7 Å². The number of rotatable bonds is 8. The number of carbonyl (C=O) groups is 1. The Labute approximate surface area is 145 Å². The number of alkyl halides is 2. The zero-order valence-corrected chi connectivity index (χ0v) is 13.5. The lowest BCUT2D eigenvalue weighted by Gasteiger charge is -2.17. The van der Waals surface area contributed by atoms with E-state index in [2.05, 4.69) is 16.0 Å². The Morgan fingerprint density at radius 1 is 1.12 bits per heavy atom. The number of carbonyl (C=O) groups excluding carboxylic acids is 1. The summed E-state index contributed by atoms with van der Waals surface area (Å²) in [6.45, 7) is -2.49. The number of nitrogens with one attached hydrogen (secondary N) is 1. The van der Waals surface area contributed by atoms with Crippen molar-refractivity contribution in [2.24, 2.45) is 0 Å². The number of ether oxygens (including phenoxy) is 1. The first-order chi connectivity index (χ1) is 12.1. The Hall–Kier alpha value is -2.91. The molecule has 130 valence electrons. The fourth-order valence-electron chi connectivity index (χ4n) is 2.43. The van der Waals surface area contributed by atoms with Crippen molar-refractivity contribution < 1.29 is 23.6 Å². The van der Waals surface area contributed by atoms with Crippen LogP contribution in [-0.4, -0.2) is 25.6 Å². The predicted molar refractivity (Wildman–Crippen MR) is 90.0 cm³/mol. The highest BCUT2D eigenvalue weighted by molar-refractivity contribution is 5.76. The lowest BCUT2D eigenvalue weighted by molar-refractivity contribution is -0.676. The lowest BCUT2D eigenvalue weighted by atomic mass is 9.98. The molecule has 0 bridgehead atoms. The van der Waals surface area contributed by atoms with Gasteiger partial charge in [-0.1, -0.05) is 36.3 Å². The van der Waals surface area contributed by atoms with Crippen molar-refractivity contribution in [2.75, 3.05) is 13.1 Å². The van der Waals surface area contributed by atoms with Gasteiger partial charge in [0.15, 0.2) is 6.54 Å². The molecule has 3 N–H and O–H groups in total. The summed E-state index contributed by atoms with van der Waals surface area (Å²) in [6.07, 6.45) is 5.12. The third-order valence-electron chi connectivity index (χ3n) is 3.55. The van der Waals surface area contributed by atoms with E-state index in [1.54, 1.807) is 12.1 Å². The number of quaternary nitrogens is 1. The molecular formula is C19H19F2N2O2+. The predicted octanol–water partition coefficient (Wildman–Crippen LogP) is 1.69. The number of amides is 1. The molecule has 1 amide bonds. The van der Waals surface area contributed by atoms with Crippen molar-refractivity contribution in [1.82, 2.24) is 5.32 Å². The van der Waals surface area contributed by atoms with Crippen LogP contribution in [0.25, 0.3) is 0 Å². The van der Waals surface area contributed by atoms with Gasteiger partial charge in [0.2, 0.25) is 0 Å². The van der Waals surface area contributed by atoms with Gasteiger partial charge in [0.25, 0.3) is 5.91 Å². The fraction of sp³-hybridized carbons (Fsp3) is 0.211. The fourth-order valence-corrected chi connectivity index (χ4v) is 2.43. The Bertz CT molecular complexity index is 712. The first kappa shape index (κ1) is 18.4. The largest absolute Gasteiger partial charge is 0.435 e. The number of nitrogens with two attached hydrogens (primary N) is 1. The molecule has 0 aliphatic heterocycles. The van der Waals surface area contributed by atoms with Crippen LogP contribution in [0.15, 0.2) is 54.6 Å². The van der Waals surface area contributed by atoms with Gasteiger partial charge in [-0.25, -0.2) is 0 Å². The lowest BCUT2D eigenvalue weighted by Crippen LogP contribution is -2.87. The molecule has 0 saturated carbocycles. The molecule has 0 aromatic heterocycles. The van der Waals surface area contributed by atoms with Crippen LogP contribution in [-0.2, 0) is 4.79 Å². The third-order valence-corrected chi connectivity index (χ3v) is 3.55. The van der Waals surface area contributed by atoms with E-state index in [-0.39, 0.29) is 30.8 Å². The molecule has 0 fully saturated rings. The van der Waals surface area contributed by atoms with E-state index in [0.717, 1.165) is 11.1 Å². The summed E-state index contributed by atoms with van der Waals surface area (Å²) < 4.78 is 28.9. The Morgan fingerprint density at radius 3 is 2.36 bits per heavy atom. The maximum atomic E-state index is 12.3. The van der Waals surface area contributed by atoms with E-state index >= 15 is 0 Å². The van der Waals surface area contributed by atoms with Crippen molar-refractivity contribution in [1.29, 1.82) is 0 Å². The van der Waals surface area contributed by atoms with Crippen molar-refractivity contribution in [3.05, 3.63) is 65.7 Å². The van der Waals surface area contributed by atoms with E-state index in [1.807, 2.05) is 35.6 Å².